The first-order valence-electron chi connectivity index (χ1n) is 12.9. The van der Waals surface area contributed by atoms with E-state index in [4.69, 9.17) is 0 Å². The lowest BCUT2D eigenvalue weighted by Crippen LogP contribution is -2.17. The van der Waals surface area contributed by atoms with Gasteiger partial charge in [-0.15, -0.1) is 0 Å². The second-order valence-corrected chi connectivity index (χ2v) is 10.6. The fraction of sp³-hybridized carbons (Fsp3) is 0.258. The number of aromatic nitrogens is 3. The van der Waals surface area contributed by atoms with Gasteiger partial charge in [-0.05, 0) is 87.6 Å². The van der Waals surface area contributed by atoms with E-state index in [0.717, 1.165) is 46.3 Å². The van der Waals surface area contributed by atoms with Crippen LogP contribution >= 0.6 is 0 Å². The first-order chi connectivity index (χ1) is 18.6. The zero-order valence-electron chi connectivity index (χ0n) is 22.4. The molecule has 39 heavy (non-hydrogen) atoms. The summed E-state index contributed by atoms with van der Waals surface area (Å²) in [7, 11) is 0. The summed E-state index contributed by atoms with van der Waals surface area (Å²) in [5.74, 6) is 0.456. The number of nitrogens with one attached hydrogen (secondary N) is 2. The van der Waals surface area contributed by atoms with Crippen molar-refractivity contribution >= 4 is 23.3 Å². The Bertz CT molecular complexity index is 1620. The monoisotopic (exact) mass is 518 g/mol. The summed E-state index contributed by atoms with van der Waals surface area (Å²) in [4.78, 5) is 29.5. The lowest BCUT2D eigenvalue weighted by atomic mass is 9.85. The number of rotatable bonds is 7. The van der Waals surface area contributed by atoms with Gasteiger partial charge in [0.2, 0.25) is 5.91 Å². The van der Waals surface area contributed by atoms with Gasteiger partial charge >= 0.3 is 0 Å². The summed E-state index contributed by atoms with van der Waals surface area (Å²) in [5, 5.41) is 19.9. The molecule has 2 amide bonds. The van der Waals surface area contributed by atoms with Crippen LogP contribution in [0.25, 0.3) is 16.8 Å². The Morgan fingerprint density at radius 3 is 2.54 bits per heavy atom. The molecule has 1 saturated carbocycles. The molecule has 1 fully saturated rings. The number of carbonyl (C=O) groups is 2. The molecule has 0 radical (unpaired) electrons. The Balaban J connectivity index is 1.35. The van der Waals surface area contributed by atoms with Crippen LogP contribution in [-0.2, 0) is 10.2 Å². The third-order valence-corrected chi connectivity index (χ3v) is 7.04. The van der Waals surface area contributed by atoms with E-state index < -0.39 is 5.41 Å². The molecule has 0 spiro atoms. The van der Waals surface area contributed by atoms with E-state index >= 15 is 0 Å². The molecule has 2 aromatic heterocycles. The summed E-state index contributed by atoms with van der Waals surface area (Å²) < 4.78 is 1.78. The van der Waals surface area contributed by atoms with Crippen LogP contribution in [0, 0.1) is 31.1 Å². The topological polar surface area (TPSA) is 113 Å². The lowest BCUT2D eigenvalue weighted by Gasteiger charge is -2.16. The molecule has 4 aromatic rings. The number of hydrogen-bond donors (Lipinski definition) is 2. The highest BCUT2D eigenvalue weighted by atomic mass is 16.2. The van der Waals surface area contributed by atoms with Crippen LogP contribution in [0.1, 0.15) is 53.7 Å². The van der Waals surface area contributed by atoms with Gasteiger partial charge in [-0.3, -0.25) is 9.59 Å². The summed E-state index contributed by atoms with van der Waals surface area (Å²) >= 11 is 0. The number of amides is 2. The van der Waals surface area contributed by atoms with Crippen molar-refractivity contribution in [3.63, 3.8) is 0 Å². The molecule has 5 rings (SSSR count). The van der Waals surface area contributed by atoms with Gasteiger partial charge in [0.05, 0.1) is 23.4 Å². The van der Waals surface area contributed by atoms with E-state index in [2.05, 4.69) is 26.8 Å². The maximum atomic E-state index is 13.0. The fourth-order valence-corrected chi connectivity index (χ4v) is 4.35. The molecule has 1 aliphatic carbocycles. The zero-order chi connectivity index (χ0) is 27.7. The predicted molar refractivity (Wildman–Crippen MR) is 151 cm³/mol. The van der Waals surface area contributed by atoms with Crippen LogP contribution in [-0.4, -0.2) is 26.6 Å². The number of pyridine rings is 1. The number of aryl methyl sites for hydroxylation is 2. The average molecular weight is 519 g/mol. The molecule has 2 N–H and O–H groups in total. The minimum atomic E-state index is -0.691. The summed E-state index contributed by atoms with van der Waals surface area (Å²) in [6.45, 7) is 7.62. The highest BCUT2D eigenvalue weighted by Gasteiger charge is 2.29. The molecule has 0 atom stereocenters. The van der Waals surface area contributed by atoms with Gasteiger partial charge in [0, 0.05) is 40.7 Å². The molecule has 196 valence electrons. The smallest absolute Gasteiger partial charge is 0.255 e. The predicted octanol–water partition coefficient (Wildman–Crippen LogP) is 5.95. The number of nitrogens with zero attached hydrogens (tertiary/aromatic N) is 4. The molecule has 8 nitrogen and oxygen atoms in total. The van der Waals surface area contributed by atoms with Crippen LogP contribution in [0.2, 0.25) is 0 Å². The SMILES string of the molecule is Cc1cc(NC(=O)C2CC2)ncc1-c1cnn(-c2cc(NC(=O)c3cccc(C(C)(C)C#N)c3)ccc2C)c1. The molecular formula is C31H30N6O2. The van der Waals surface area contributed by atoms with Crippen molar-refractivity contribution in [1.29, 1.82) is 5.26 Å². The first kappa shape index (κ1) is 25.9. The van der Waals surface area contributed by atoms with Crippen LogP contribution in [0.4, 0.5) is 11.5 Å². The minimum absolute atomic E-state index is 0.0311. The molecule has 0 bridgehead atoms. The highest BCUT2D eigenvalue weighted by molar-refractivity contribution is 6.04. The Morgan fingerprint density at radius 2 is 1.82 bits per heavy atom. The Labute approximate surface area is 227 Å². The largest absolute Gasteiger partial charge is 0.322 e. The summed E-state index contributed by atoms with van der Waals surface area (Å²) in [6.07, 6.45) is 7.35. The summed E-state index contributed by atoms with van der Waals surface area (Å²) in [5.41, 5.74) is 5.84. The van der Waals surface area contributed by atoms with Gasteiger partial charge in [0.15, 0.2) is 0 Å². The van der Waals surface area contributed by atoms with Gasteiger partial charge in [-0.25, -0.2) is 9.67 Å². The van der Waals surface area contributed by atoms with E-state index in [0.29, 0.717) is 17.1 Å². The Morgan fingerprint density at radius 1 is 1.03 bits per heavy atom. The molecule has 0 unspecified atom stereocenters. The van der Waals surface area contributed by atoms with Crippen LogP contribution < -0.4 is 10.6 Å². The third kappa shape index (κ3) is 5.58. The lowest BCUT2D eigenvalue weighted by molar-refractivity contribution is -0.117. The standard InChI is InChI=1S/C31H30N6O2/c1-19-8-11-25(35-30(39)22-6-5-7-24(13-22)31(3,4)18-32)14-27(19)37-17-23(15-34-37)26-16-33-28(12-20(26)2)36-29(38)21-9-10-21/h5-8,11-17,21H,9-10H2,1-4H3,(H,35,39)(H,33,36,38). The van der Waals surface area contributed by atoms with Crippen molar-refractivity contribution in [2.45, 2.75) is 46.0 Å². The molecular weight excluding hydrogens is 488 g/mol. The number of anilines is 2. The van der Waals surface area contributed by atoms with Crippen molar-refractivity contribution in [2.24, 2.45) is 5.92 Å². The maximum Gasteiger partial charge on any atom is 0.255 e. The second kappa shape index (κ2) is 10.2. The van der Waals surface area contributed by atoms with E-state index in [9.17, 15) is 14.9 Å². The van der Waals surface area contributed by atoms with Crippen LogP contribution in [0.3, 0.4) is 0 Å². The number of benzene rings is 2. The quantitative estimate of drug-likeness (QED) is 0.314. The molecule has 0 saturated heterocycles. The van der Waals surface area contributed by atoms with Crippen molar-refractivity contribution < 1.29 is 9.59 Å². The van der Waals surface area contributed by atoms with E-state index in [1.165, 1.54) is 0 Å². The number of nitriles is 1. The van der Waals surface area contributed by atoms with Crippen LogP contribution in [0.15, 0.2) is 67.1 Å². The third-order valence-electron chi connectivity index (χ3n) is 7.04. The van der Waals surface area contributed by atoms with Gasteiger partial charge in [0.1, 0.15) is 5.82 Å². The summed E-state index contributed by atoms with van der Waals surface area (Å²) in [6, 6.07) is 17.0. The van der Waals surface area contributed by atoms with Crippen molar-refractivity contribution in [3.8, 4) is 22.9 Å². The second-order valence-electron chi connectivity index (χ2n) is 10.6. The van der Waals surface area contributed by atoms with Crippen molar-refractivity contribution in [3.05, 3.63) is 89.4 Å². The zero-order valence-corrected chi connectivity index (χ0v) is 22.4. The normalized spacial score (nSPS) is 13.0. The number of carbonyl (C=O) groups excluding carboxylic acids is 2. The Kier molecular flexibility index (Phi) is 6.75. The van der Waals surface area contributed by atoms with E-state index in [1.807, 2.05) is 64.2 Å². The first-order valence-corrected chi connectivity index (χ1v) is 12.9. The minimum Gasteiger partial charge on any atom is -0.322 e. The van der Waals surface area contributed by atoms with Crippen LogP contribution in [0.5, 0.6) is 0 Å². The molecule has 8 heteroatoms. The maximum absolute atomic E-state index is 13.0. The van der Waals surface area contributed by atoms with Gasteiger partial charge in [-0.2, -0.15) is 10.4 Å². The van der Waals surface area contributed by atoms with Crippen molar-refractivity contribution in [2.75, 3.05) is 10.6 Å². The highest BCUT2D eigenvalue weighted by Crippen LogP contribution is 2.31. The fourth-order valence-electron chi connectivity index (χ4n) is 4.35. The van der Waals surface area contributed by atoms with Gasteiger partial charge in [-0.1, -0.05) is 18.2 Å². The Hall–Kier alpha value is -4.77. The van der Waals surface area contributed by atoms with Gasteiger partial charge in [0.25, 0.3) is 5.91 Å². The molecule has 2 heterocycles. The van der Waals surface area contributed by atoms with E-state index in [-0.39, 0.29) is 17.7 Å². The van der Waals surface area contributed by atoms with Crippen molar-refractivity contribution in [1.82, 2.24) is 14.8 Å². The average Bonchev–Trinajstić information content (AvgIpc) is 3.67. The van der Waals surface area contributed by atoms with Gasteiger partial charge < -0.3 is 10.6 Å². The molecule has 1 aliphatic rings. The number of hydrogen-bond acceptors (Lipinski definition) is 5. The molecule has 2 aromatic carbocycles. The molecule has 0 aliphatic heterocycles. The van der Waals surface area contributed by atoms with E-state index in [1.54, 1.807) is 35.3 Å².